The smallest absolute Gasteiger partial charge is 0.273 e. The molecule has 1 aliphatic rings. The second kappa shape index (κ2) is 4.43. The van der Waals surface area contributed by atoms with Gasteiger partial charge in [0.2, 0.25) is 5.60 Å². The molecule has 0 saturated heterocycles. The van der Waals surface area contributed by atoms with Crippen LogP contribution >= 0.6 is 0 Å². The number of fused-ring (bicyclic) bond motifs is 1. The van der Waals surface area contributed by atoms with Crippen LogP contribution < -0.4 is 10.1 Å². The van der Waals surface area contributed by atoms with Crippen molar-refractivity contribution in [2.24, 2.45) is 0 Å². The van der Waals surface area contributed by atoms with Gasteiger partial charge in [0.25, 0.3) is 5.91 Å². The minimum atomic E-state index is -0.919. The standard InChI is InChI=1S/C16H15NO2/c1-2-16(19-12-8-4-3-5-9-12)13-10-6-7-11-14(13)17-15(16)18/h3-11H,2H2,1H3,(H,17,18). The van der Waals surface area contributed by atoms with E-state index in [4.69, 9.17) is 4.74 Å². The summed E-state index contributed by atoms with van der Waals surface area (Å²) in [7, 11) is 0. The van der Waals surface area contributed by atoms with E-state index in [0.29, 0.717) is 12.2 Å². The number of anilines is 1. The lowest BCUT2D eigenvalue weighted by molar-refractivity contribution is -0.131. The van der Waals surface area contributed by atoms with E-state index in [-0.39, 0.29) is 5.91 Å². The summed E-state index contributed by atoms with van der Waals surface area (Å²) in [5.74, 6) is 0.608. The Bertz CT molecular complexity index is 609. The molecule has 1 N–H and O–H groups in total. The third-order valence-corrected chi connectivity index (χ3v) is 3.51. The molecule has 3 heteroatoms. The summed E-state index contributed by atoms with van der Waals surface area (Å²) >= 11 is 0. The summed E-state index contributed by atoms with van der Waals surface area (Å²) in [5.41, 5.74) is 0.828. The van der Waals surface area contributed by atoms with E-state index >= 15 is 0 Å². The number of hydrogen-bond acceptors (Lipinski definition) is 2. The van der Waals surface area contributed by atoms with Gasteiger partial charge in [-0.3, -0.25) is 4.79 Å². The molecule has 2 aromatic rings. The number of carbonyl (C=O) groups excluding carboxylic acids is 1. The van der Waals surface area contributed by atoms with E-state index in [1.807, 2.05) is 61.5 Å². The van der Waals surface area contributed by atoms with Gasteiger partial charge >= 0.3 is 0 Å². The van der Waals surface area contributed by atoms with E-state index in [1.165, 1.54) is 0 Å². The van der Waals surface area contributed by atoms with E-state index < -0.39 is 5.60 Å². The van der Waals surface area contributed by atoms with Gasteiger partial charge in [-0.2, -0.15) is 0 Å². The van der Waals surface area contributed by atoms with Gasteiger partial charge in [0.05, 0.1) is 0 Å². The molecule has 0 fully saturated rings. The first kappa shape index (κ1) is 11.8. The van der Waals surface area contributed by atoms with Crippen molar-refractivity contribution in [3.63, 3.8) is 0 Å². The molecule has 1 heterocycles. The highest BCUT2D eigenvalue weighted by Crippen LogP contribution is 2.41. The van der Waals surface area contributed by atoms with Crippen LogP contribution in [0.4, 0.5) is 5.69 Å². The third kappa shape index (κ3) is 1.78. The zero-order valence-corrected chi connectivity index (χ0v) is 10.7. The fourth-order valence-electron chi connectivity index (χ4n) is 2.50. The monoisotopic (exact) mass is 253 g/mol. The average Bonchev–Trinajstić information content (AvgIpc) is 2.73. The number of amides is 1. The van der Waals surface area contributed by atoms with Gasteiger partial charge in [0.1, 0.15) is 5.75 Å². The van der Waals surface area contributed by atoms with Gasteiger partial charge in [-0.05, 0) is 24.6 Å². The minimum absolute atomic E-state index is 0.0972. The summed E-state index contributed by atoms with van der Waals surface area (Å²) in [6.07, 6.45) is 0.588. The van der Waals surface area contributed by atoms with Crippen LogP contribution in [0, 0.1) is 0 Å². The zero-order chi connectivity index (χ0) is 13.3. The maximum atomic E-state index is 12.4. The lowest BCUT2D eigenvalue weighted by Gasteiger charge is -2.27. The molecular weight excluding hydrogens is 238 g/mol. The Morgan fingerprint density at radius 1 is 1.05 bits per heavy atom. The number of hydrogen-bond donors (Lipinski definition) is 1. The number of ether oxygens (including phenoxy) is 1. The van der Waals surface area contributed by atoms with Crippen molar-refractivity contribution in [1.82, 2.24) is 0 Å². The van der Waals surface area contributed by atoms with Gasteiger partial charge in [-0.1, -0.05) is 43.3 Å². The largest absolute Gasteiger partial charge is 0.473 e. The van der Waals surface area contributed by atoms with Crippen LogP contribution in [0.5, 0.6) is 5.75 Å². The van der Waals surface area contributed by atoms with Crippen molar-refractivity contribution in [3.8, 4) is 5.75 Å². The highest BCUT2D eigenvalue weighted by atomic mass is 16.5. The van der Waals surface area contributed by atoms with Crippen molar-refractivity contribution in [1.29, 1.82) is 0 Å². The van der Waals surface area contributed by atoms with Crippen molar-refractivity contribution in [3.05, 3.63) is 60.2 Å². The highest BCUT2D eigenvalue weighted by molar-refractivity contribution is 6.05. The SMILES string of the molecule is CCC1(Oc2ccccc2)C(=O)Nc2ccccc21. The summed E-state index contributed by atoms with van der Waals surface area (Å²) in [5, 5.41) is 2.90. The van der Waals surface area contributed by atoms with Crippen molar-refractivity contribution < 1.29 is 9.53 Å². The Hall–Kier alpha value is -2.29. The first-order chi connectivity index (χ1) is 9.26. The van der Waals surface area contributed by atoms with Crippen LogP contribution in [0.3, 0.4) is 0 Å². The Morgan fingerprint density at radius 2 is 1.74 bits per heavy atom. The molecule has 0 aromatic heterocycles. The fraction of sp³-hybridized carbons (Fsp3) is 0.188. The molecule has 1 aliphatic heterocycles. The summed E-state index contributed by atoms with van der Waals surface area (Å²) in [6.45, 7) is 1.96. The predicted molar refractivity (Wildman–Crippen MR) is 74.1 cm³/mol. The highest BCUT2D eigenvalue weighted by Gasteiger charge is 2.47. The van der Waals surface area contributed by atoms with Crippen LogP contribution in [-0.2, 0) is 10.4 Å². The summed E-state index contributed by atoms with van der Waals surface area (Å²) in [6, 6.07) is 17.1. The molecule has 19 heavy (non-hydrogen) atoms. The molecular formula is C16H15NO2. The number of rotatable bonds is 3. The van der Waals surface area contributed by atoms with Crippen LogP contribution in [0.15, 0.2) is 54.6 Å². The molecule has 3 nitrogen and oxygen atoms in total. The quantitative estimate of drug-likeness (QED) is 0.911. The van der Waals surface area contributed by atoms with Gasteiger partial charge in [0.15, 0.2) is 0 Å². The van der Waals surface area contributed by atoms with Crippen molar-refractivity contribution in [2.45, 2.75) is 18.9 Å². The van der Waals surface area contributed by atoms with Crippen LogP contribution in [0.1, 0.15) is 18.9 Å². The Kier molecular flexibility index (Phi) is 2.75. The normalized spacial score (nSPS) is 20.8. The predicted octanol–water partition coefficient (Wildman–Crippen LogP) is 3.32. The molecule has 0 saturated carbocycles. The van der Waals surface area contributed by atoms with Gasteiger partial charge < -0.3 is 10.1 Å². The maximum Gasteiger partial charge on any atom is 0.273 e. The molecule has 0 aliphatic carbocycles. The van der Waals surface area contributed by atoms with Crippen LogP contribution in [0.2, 0.25) is 0 Å². The Balaban J connectivity index is 2.06. The van der Waals surface area contributed by atoms with Crippen molar-refractivity contribution in [2.75, 3.05) is 5.32 Å². The van der Waals surface area contributed by atoms with Crippen LogP contribution in [0.25, 0.3) is 0 Å². The fourth-order valence-corrected chi connectivity index (χ4v) is 2.50. The van der Waals surface area contributed by atoms with E-state index in [9.17, 15) is 4.79 Å². The minimum Gasteiger partial charge on any atom is -0.473 e. The average molecular weight is 253 g/mol. The lowest BCUT2D eigenvalue weighted by Crippen LogP contribution is -2.39. The van der Waals surface area contributed by atoms with Gasteiger partial charge in [0, 0.05) is 11.3 Å². The Labute approximate surface area is 112 Å². The molecule has 3 rings (SSSR count). The van der Waals surface area contributed by atoms with E-state index in [2.05, 4.69) is 5.32 Å². The number of para-hydroxylation sites is 2. The molecule has 0 radical (unpaired) electrons. The molecule has 1 amide bonds. The molecule has 0 spiro atoms. The summed E-state index contributed by atoms with van der Waals surface area (Å²) < 4.78 is 6.04. The third-order valence-electron chi connectivity index (χ3n) is 3.51. The second-order valence-electron chi connectivity index (χ2n) is 4.60. The molecule has 96 valence electrons. The van der Waals surface area contributed by atoms with Gasteiger partial charge in [-0.25, -0.2) is 0 Å². The van der Waals surface area contributed by atoms with Crippen LogP contribution in [-0.4, -0.2) is 5.91 Å². The van der Waals surface area contributed by atoms with Gasteiger partial charge in [-0.15, -0.1) is 0 Å². The maximum absolute atomic E-state index is 12.4. The lowest BCUT2D eigenvalue weighted by atomic mass is 9.92. The molecule has 1 unspecified atom stereocenters. The number of carbonyl (C=O) groups is 1. The topological polar surface area (TPSA) is 38.3 Å². The van der Waals surface area contributed by atoms with E-state index in [1.54, 1.807) is 0 Å². The Morgan fingerprint density at radius 3 is 2.47 bits per heavy atom. The molecule has 1 atom stereocenters. The number of nitrogens with one attached hydrogen (secondary N) is 1. The van der Waals surface area contributed by atoms with Crippen molar-refractivity contribution >= 4 is 11.6 Å². The number of benzene rings is 2. The molecule has 2 aromatic carbocycles. The first-order valence-corrected chi connectivity index (χ1v) is 6.41. The zero-order valence-electron chi connectivity index (χ0n) is 10.7. The summed E-state index contributed by atoms with van der Waals surface area (Å²) in [4.78, 5) is 12.4. The van der Waals surface area contributed by atoms with E-state index in [0.717, 1.165) is 11.3 Å². The molecule has 0 bridgehead atoms. The first-order valence-electron chi connectivity index (χ1n) is 6.41. The second-order valence-corrected chi connectivity index (χ2v) is 4.60.